The molecule has 0 atom stereocenters. The van der Waals surface area contributed by atoms with Crippen molar-refractivity contribution in [3.63, 3.8) is 0 Å². The maximum absolute atomic E-state index is 10.9. The predicted octanol–water partition coefficient (Wildman–Crippen LogP) is 3.19. The Bertz CT molecular complexity index is 799. The molecule has 0 saturated heterocycles. The Morgan fingerprint density at radius 1 is 1.45 bits per heavy atom. The van der Waals surface area contributed by atoms with E-state index in [1.54, 1.807) is 12.1 Å². The summed E-state index contributed by atoms with van der Waals surface area (Å²) in [4.78, 5) is 10.5. The third-order valence-corrected chi connectivity index (χ3v) is 3.74. The molecule has 6 heteroatoms. The highest BCUT2D eigenvalue weighted by Gasteiger charge is 2.21. The highest BCUT2D eigenvalue weighted by atomic mass is 16.6. The number of allylic oxidation sites excluding steroid dienone is 1. The first-order valence-electron chi connectivity index (χ1n) is 7.06. The Morgan fingerprint density at radius 3 is 3.09 bits per heavy atom. The fourth-order valence-corrected chi connectivity index (χ4v) is 2.76. The van der Waals surface area contributed by atoms with E-state index >= 15 is 0 Å². The number of rotatable bonds is 4. The Morgan fingerprint density at radius 2 is 2.32 bits per heavy atom. The van der Waals surface area contributed by atoms with Gasteiger partial charge in [-0.3, -0.25) is 14.8 Å². The summed E-state index contributed by atoms with van der Waals surface area (Å²) < 4.78 is 1.86. The molecule has 1 aromatic carbocycles. The molecule has 0 bridgehead atoms. The van der Waals surface area contributed by atoms with Crippen molar-refractivity contribution >= 4 is 17.3 Å². The summed E-state index contributed by atoms with van der Waals surface area (Å²) in [6.07, 6.45) is 6.05. The number of hydrogen-bond donors (Lipinski definition) is 0. The summed E-state index contributed by atoms with van der Waals surface area (Å²) >= 11 is 0. The smallest absolute Gasteiger partial charge is 0.264 e. The van der Waals surface area contributed by atoms with Crippen LogP contribution >= 0.6 is 0 Å². The first kappa shape index (κ1) is 14.0. The number of aromatic nitrogens is 2. The summed E-state index contributed by atoms with van der Waals surface area (Å²) in [7, 11) is 0. The molecular weight excluding hydrogens is 280 g/mol. The molecule has 1 aliphatic carbocycles. The lowest BCUT2D eigenvalue weighted by Gasteiger charge is -2.06. The first-order chi connectivity index (χ1) is 10.7. The van der Waals surface area contributed by atoms with Crippen LogP contribution < -0.4 is 0 Å². The van der Waals surface area contributed by atoms with Gasteiger partial charge in [-0.15, -0.1) is 0 Å². The Labute approximate surface area is 127 Å². The molecule has 3 rings (SSSR count). The second-order valence-electron chi connectivity index (χ2n) is 5.17. The van der Waals surface area contributed by atoms with Crippen LogP contribution in [-0.2, 0) is 13.0 Å². The summed E-state index contributed by atoms with van der Waals surface area (Å²) in [6.45, 7) is 0.568. The molecule has 0 spiro atoms. The van der Waals surface area contributed by atoms with Gasteiger partial charge in [0.15, 0.2) is 0 Å². The summed E-state index contributed by atoms with van der Waals surface area (Å²) in [5.41, 5.74) is 4.25. The van der Waals surface area contributed by atoms with E-state index in [4.69, 9.17) is 5.26 Å². The van der Waals surface area contributed by atoms with E-state index in [0.29, 0.717) is 13.0 Å². The number of fused-ring (bicyclic) bond motifs is 1. The number of nitro groups is 1. The van der Waals surface area contributed by atoms with E-state index in [-0.39, 0.29) is 10.6 Å². The van der Waals surface area contributed by atoms with Crippen LogP contribution in [0, 0.1) is 21.4 Å². The van der Waals surface area contributed by atoms with Crippen LogP contribution in [0.1, 0.15) is 29.7 Å². The number of benzene rings is 1. The molecule has 1 aliphatic rings. The molecule has 0 N–H and O–H groups in total. The maximum Gasteiger partial charge on any atom is 0.270 e. The molecule has 1 heterocycles. The van der Waals surface area contributed by atoms with E-state index in [2.05, 4.69) is 11.2 Å². The molecule has 22 heavy (non-hydrogen) atoms. The van der Waals surface area contributed by atoms with E-state index in [9.17, 15) is 10.1 Å². The summed E-state index contributed by atoms with van der Waals surface area (Å²) in [5.74, 6) is 0. The molecule has 0 amide bonds. The van der Waals surface area contributed by atoms with Crippen LogP contribution in [0.15, 0.2) is 30.5 Å². The molecule has 1 aromatic heterocycles. The lowest BCUT2D eigenvalue weighted by Crippen LogP contribution is -2.03. The highest BCUT2D eigenvalue weighted by Crippen LogP contribution is 2.34. The van der Waals surface area contributed by atoms with E-state index in [0.717, 1.165) is 29.7 Å². The van der Waals surface area contributed by atoms with Crippen LogP contribution in [0.2, 0.25) is 0 Å². The van der Waals surface area contributed by atoms with Crippen LogP contribution in [0.5, 0.6) is 0 Å². The lowest BCUT2D eigenvalue weighted by molar-refractivity contribution is -0.384. The van der Waals surface area contributed by atoms with Gasteiger partial charge in [-0.05, 0) is 35.6 Å². The molecule has 2 aromatic rings. The average Bonchev–Trinajstić information content (AvgIpc) is 3.09. The highest BCUT2D eigenvalue weighted by molar-refractivity contribution is 5.84. The third kappa shape index (κ3) is 2.61. The summed E-state index contributed by atoms with van der Waals surface area (Å²) in [5, 5.41) is 23.9. The Kier molecular flexibility index (Phi) is 3.71. The number of nitro benzene ring substituents is 1. The van der Waals surface area contributed by atoms with Gasteiger partial charge in [0.2, 0.25) is 0 Å². The van der Waals surface area contributed by atoms with Gasteiger partial charge in [-0.25, -0.2) is 0 Å². The minimum absolute atomic E-state index is 0.0885. The average molecular weight is 294 g/mol. The Balaban J connectivity index is 1.95. The monoisotopic (exact) mass is 294 g/mol. The largest absolute Gasteiger partial charge is 0.270 e. The number of non-ortho nitro benzene ring substituents is 1. The second-order valence-corrected chi connectivity index (χ2v) is 5.17. The van der Waals surface area contributed by atoms with Crippen molar-refractivity contribution in [2.75, 3.05) is 0 Å². The number of nitriles is 1. The zero-order chi connectivity index (χ0) is 15.5. The van der Waals surface area contributed by atoms with Crippen molar-refractivity contribution in [3.05, 3.63) is 57.4 Å². The van der Waals surface area contributed by atoms with Crippen molar-refractivity contribution in [3.8, 4) is 6.07 Å². The maximum atomic E-state index is 10.9. The van der Waals surface area contributed by atoms with Crippen molar-refractivity contribution in [1.82, 2.24) is 9.78 Å². The van der Waals surface area contributed by atoms with E-state index < -0.39 is 0 Å². The van der Waals surface area contributed by atoms with Crippen LogP contribution in [0.4, 0.5) is 5.69 Å². The molecule has 0 saturated carbocycles. The van der Waals surface area contributed by atoms with E-state index in [1.165, 1.54) is 11.6 Å². The topological polar surface area (TPSA) is 84.8 Å². The minimum atomic E-state index is -0.390. The van der Waals surface area contributed by atoms with Crippen molar-refractivity contribution < 1.29 is 4.92 Å². The number of nitrogens with zero attached hydrogens (tertiary/aromatic N) is 4. The molecular formula is C16H14N4O2. The van der Waals surface area contributed by atoms with Gasteiger partial charge in [0.05, 0.1) is 35.8 Å². The first-order valence-corrected chi connectivity index (χ1v) is 7.06. The van der Waals surface area contributed by atoms with Gasteiger partial charge < -0.3 is 0 Å². The molecule has 0 radical (unpaired) electrons. The SMILES string of the molecule is N#CCCn1ncc2c1/C(=C/c1cccc([N+](=O)[O-])c1)CC2. The quantitative estimate of drug-likeness (QED) is 0.640. The van der Waals surface area contributed by atoms with Crippen LogP contribution in [0.25, 0.3) is 11.6 Å². The fourth-order valence-electron chi connectivity index (χ4n) is 2.76. The second kappa shape index (κ2) is 5.82. The van der Waals surface area contributed by atoms with Crippen molar-refractivity contribution in [2.45, 2.75) is 25.8 Å². The van der Waals surface area contributed by atoms with Gasteiger partial charge in [-0.2, -0.15) is 10.4 Å². The van der Waals surface area contributed by atoms with Crippen LogP contribution in [0.3, 0.4) is 0 Å². The molecule has 0 unspecified atom stereocenters. The van der Waals surface area contributed by atoms with Crippen LogP contribution in [-0.4, -0.2) is 14.7 Å². The predicted molar refractivity (Wildman–Crippen MR) is 81.7 cm³/mol. The molecule has 0 fully saturated rings. The van der Waals surface area contributed by atoms with E-state index in [1.807, 2.05) is 23.0 Å². The zero-order valence-electron chi connectivity index (χ0n) is 11.9. The van der Waals surface area contributed by atoms with Gasteiger partial charge in [0.1, 0.15) is 0 Å². The lowest BCUT2D eigenvalue weighted by atomic mass is 10.1. The van der Waals surface area contributed by atoms with Gasteiger partial charge in [0.25, 0.3) is 5.69 Å². The number of aryl methyl sites for hydroxylation is 2. The molecule has 6 nitrogen and oxygen atoms in total. The fraction of sp³-hybridized carbons (Fsp3) is 0.250. The minimum Gasteiger partial charge on any atom is -0.264 e. The third-order valence-electron chi connectivity index (χ3n) is 3.74. The van der Waals surface area contributed by atoms with Gasteiger partial charge in [0, 0.05) is 12.1 Å². The standard InChI is InChI=1S/C16H14N4O2/c17-7-2-8-19-16-13(5-6-14(16)11-18-19)9-12-3-1-4-15(10-12)20(21)22/h1,3-4,9-11H,2,5-6,8H2/b13-9+. The summed E-state index contributed by atoms with van der Waals surface area (Å²) in [6, 6.07) is 8.73. The van der Waals surface area contributed by atoms with Crippen molar-refractivity contribution in [2.24, 2.45) is 0 Å². The normalized spacial score (nSPS) is 14.8. The zero-order valence-corrected chi connectivity index (χ0v) is 11.9. The number of hydrogen-bond acceptors (Lipinski definition) is 4. The molecule has 110 valence electrons. The molecule has 0 aliphatic heterocycles. The van der Waals surface area contributed by atoms with Gasteiger partial charge >= 0.3 is 0 Å². The Hall–Kier alpha value is -2.94. The van der Waals surface area contributed by atoms with Gasteiger partial charge in [-0.1, -0.05) is 12.1 Å². The van der Waals surface area contributed by atoms with Crippen molar-refractivity contribution in [1.29, 1.82) is 5.26 Å².